The molecule has 0 unspecified atom stereocenters. The van der Waals surface area contributed by atoms with E-state index in [9.17, 15) is 13.2 Å². The lowest BCUT2D eigenvalue weighted by Gasteiger charge is -2.10. The van der Waals surface area contributed by atoms with Crippen LogP contribution in [0.3, 0.4) is 0 Å². The topological polar surface area (TPSA) is 42.7 Å². The molecule has 4 nitrogen and oxygen atoms in total. The SMILES string of the molecule is CCCNc1ncccc1Cn1ccc(C(F)(F)F)n1. The quantitative estimate of drug-likeness (QED) is 0.917. The summed E-state index contributed by atoms with van der Waals surface area (Å²) >= 11 is 0. The second kappa shape index (κ2) is 5.94. The van der Waals surface area contributed by atoms with Crippen molar-refractivity contribution < 1.29 is 13.2 Å². The molecule has 2 rings (SSSR count). The molecule has 0 aliphatic rings. The molecule has 1 N–H and O–H groups in total. The zero-order chi connectivity index (χ0) is 14.6. The van der Waals surface area contributed by atoms with Gasteiger partial charge in [-0.05, 0) is 18.6 Å². The van der Waals surface area contributed by atoms with Gasteiger partial charge < -0.3 is 5.32 Å². The van der Waals surface area contributed by atoms with Crippen molar-refractivity contribution in [1.29, 1.82) is 0 Å². The molecule has 2 heterocycles. The molecule has 0 radical (unpaired) electrons. The van der Waals surface area contributed by atoms with E-state index in [4.69, 9.17) is 0 Å². The van der Waals surface area contributed by atoms with Crippen LogP contribution in [-0.2, 0) is 12.7 Å². The van der Waals surface area contributed by atoms with Crippen LogP contribution in [-0.4, -0.2) is 21.3 Å². The lowest BCUT2D eigenvalue weighted by molar-refractivity contribution is -0.141. The monoisotopic (exact) mass is 284 g/mol. The number of aromatic nitrogens is 3. The third-order valence-electron chi connectivity index (χ3n) is 2.70. The smallest absolute Gasteiger partial charge is 0.370 e. The number of hydrogen-bond donors (Lipinski definition) is 1. The lowest BCUT2D eigenvalue weighted by Crippen LogP contribution is -2.10. The van der Waals surface area contributed by atoms with Crippen molar-refractivity contribution in [2.75, 3.05) is 11.9 Å². The Morgan fingerprint density at radius 2 is 2.10 bits per heavy atom. The minimum atomic E-state index is -4.41. The van der Waals surface area contributed by atoms with Crippen LogP contribution in [0.4, 0.5) is 19.0 Å². The molecule has 0 spiro atoms. The summed E-state index contributed by atoms with van der Waals surface area (Å²) in [6.07, 6.45) is -0.509. The minimum absolute atomic E-state index is 0.246. The maximum absolute atomic E-state index is 12.5. The number of anilines is 1. The zero-order valence-corrected chi connectivity index (χ0v) is 11.0. The summed E-state index contributed by atoms with van der Waals surface area (Å²) < 4.78 is 38.7. The molecule has 0 bridgehead atoms. The maximum atomic E-state index is 12.5. The van der Waals surface area contributed by atoms with Gasteiger partial charge in [0, 0.05) is 24.5 Å². The molecule has 2 aromatic rings. The van der Waals surface area contributed by atoms with Gasteiger partial charge in [0.15, 0.2) is 5.69 Å². The van der Waals surface area contributed by atoms with Crippen LogP contribution in [0.1, 0.15) is 24.6 Å². The number of halogens is 3. The van der Waals surface area contributed by atoms with E-state index in [0.717, 1.165) is 24.6 Å². The third-order valence-corrected chi connectivity index (χ3v) is 2.70. The number of alkyl halides is 3. The van der Waals surface area contributed by atoms with Crippen molar-refractivity contribution in [3.05, 3.63) is 41.9 Å². The third kappa shape index (κ3) is 3.49. The van der Waals surface area contributed by atoms with E-state index in [1.54, 1.807) is 12.3 Å². The highest BCUT2D eigenvalue weighted by Gasteiger charge is 2.33. The number of nitrogens with one attached hydrogen (secondary N) is 1. The molecule has 0 atom stereocenters. The first-order valence-electron chi connectivity index (χ1n) is 6.29. The molecule has 0 amide bonds. The van der Waals surface area contributed by atoms with Crippen LogP contribution in [0, 0.1) is 0 Å². The van der Waals surface area contributed by atoms with Crippen molar-refractivity contribution in [1.82, 2.24) is 14.8 Å². The van der Waals surface area contributed by atoms with Crippen LogP contribution < -0.4 is 5.32 Å². The van der Waals surface area contributed by atoms with Gasteiger partial charge in [0.05, 0.1) is 6.54 Å². The fourth-order valence-electron chi connectivity index (χ4n) is 1.74. The molecular formula is C13H15F3N4. The molecule has 0 aliphatic heterocycles. The molecular weight excluding hydrogens is 269 g/mol. The summed E-state index contributed by atoms with van der Waals surface area (Å²) in [5.41, 5.74) is -0.0813. The Morgan fingerprint density at radius 3 is 2.75 bits per heavy atom. The van der Waals surface area contributed by atoms with Gasteiger partial charge in [0.25, 0.3) is 0 Å². The predicted molar refractivity (Wildman–Crippen MR) is 69.3 cm³/mol. The highest BCUT2D eigenvalue weighted by atomic mass is 19.4. The highest BCUT2D eigenvalue weighted by molar-refractivity contribution is 5.43. The summed E-state index contributed by atoms with van der Waals surface area (Å²) in [7, 11) is 0. The van der Waals surface area contributed by atoms with Crippen molar-refractivity contribution in [3.63, 3.8) is 0 Å². The second-order valence-electron chi connectivity index (χ2n) is 4.33. The largest absolute Gasteiger partial charge is 0.435 e. The maximum Gasteiger partial charge on any atom is 0.435 e. The van der Waals surface area contributed by atoms with Gasteiger partial charge in [0.2, 0.25) is 0 Å². The van der Waals surface area contributed by atoms with Gasteiger partial charge in [-0.1, -0.05) is 13.0 Å². The number of nitrogens with zero attached hydrogens (tertiary/aromatic N) is 3. The number of hydrogen-bond acceptors (Lipinski definition) is 3. The van der Waals surface area contributed by atoms with Crippen LogP contribution in [0.15, 0.2) is 30.6 Å². The Hall–Kier alpha value is -2.05. The normalized spacial score (nSPS) is 11.6. The van der Waals surface area contributed by atoms with Crippen LogP contribution in [0.5, 0.6) is 0 Å². The Balaban J connectivity index is 2.15. The predicted octanol–water partition coefficient (Wildman–Crippen LogP) is 3.17. The number of pyridine rings is 1. The zero-order valence-electron chi connectivity index (χ0n) is 11.0. The second-order valence-corrected chi connectivity index (χ2v) is 4.33. The van der Waals surface area contributed by atoms with Crippen LogP contribution in [0.2, 0.25) is 0 Å². The Morgan fingerprint density at radius 1 is 1.30 bits per heavy atom. The van der Waals surface area contributed by atoms with Crippen molar-refractivity contribution in [2.45, 2.75) is 26.1 Å². The first kappa shape index (κ1) is 14.4. The lowest BCUT2D eigenvalue weighted by atomic mass is 10.2. The van der Waals surface area contributed by atoms with Gasteiger partial charge in [0.1, 0.15) is 5.82 Å². The molecule has 20 heavy (non-hydrogen) atoms. The standard InChI is InChI=1S/C13H15F3N4/c1-2-6-17-12-10(4-3-7-18-12)9-20-8-5-11(19-20)13(14,15)16/h3-5,7-8H,2,6,9H2,1H3,(H,17,18). The fourth-order valence-corrected chi connectivity index (χ4v) is 1.74. The highest BCUT2D eigenvalue weighted by Crippen LogP contribution is 2.27. The average Bonchev–Trinajstić information content (AvgIpc) is 2.86. The fraction of sp³-hybridized carbons (Fsp3) is 0.385. The summed E-state index contributed by atoms with van der Waals surface area (Å²) in [5.74, 6) is 0.679. The molecule has 0 fully saturated rings. The van der Waals surface area contributed by atoms with Crippen LogP contribution in [0.25, 0.3) is 0 Å². The van der Waals surface area contributed by atoms with Gasteiger partial charge >= 0.3 is 6.18 Å². The van der Waals surface area contributed by atoms with Crippen molar-refractivity contribution >= 4 is 5.82 Å². The number of rotatable bonds is 5. The van der Waals surface area contributed by atoms with E-state index in [1.807, 2.05) is 13.0 Å². The van der Waals surface area contributed by atoms with E-state index < -0.39 is 11.9 Å². The molecule has 108 valence electrons. The first-order valence-corrected chi connectivity index (χ1v) is 6.29. The average molecular weight is 284 g/mol. The summed E-state index contributed by atoms with van der Waals surface area (Å²) in [5, 5.41) is 6.68. The van der Waals surface area contributed by atoms with Gasteiger partial charge in [-0.3, -0.25) is 4.68 Å². The van der Waals surface area contributed by atoms with Gasteiger partial charge in [-0.25, -0.2) is 4.98 Å². The Labute approximate surface area is 114 Å². The Bertz CT molecular complexity index is 563. The first-order chi connectivity index (χ1) is 9.50. The van der Waals surface area contributed by atoms with Crippen molar-refractivity contribution in [2.24, 2.45) is 0 Å². The molecule has 0 saturated heterocycles. The summed E-state index contributed by atoms with van der Waals surface area (Å²) in [6, 6.07) is 4.54. The van der Waals surface area contributed by atoms with Gasteiger partial charge in [-0.2, -0.15) is 18.3 Å². The molecule has 2 aromatic heterocycles. The van der Waals surface area contributed by atoms with E-state index >= 15 is 0 Å². The summed E-state index contributed by atoms with van der Waals surface area (Å²) in [4.78, 5) is 4.19. The van der Waals surface area contributed by atoms with Crippen molar-refractivity contribution in [3.8, 4) is 0 Å². The molecule has 0 saturated carbocycles. The van der Waals surface area contributed by atoms with E-state index in [1.165, 1.54) is 10.9 Å². The minimum Gasteiger partial charge on any atom is -0.370 e. The molecule has 0 aliphatic carbocycles. The summed E-state index contributed by atoms with van der Waals surface area (Å²) in [6.45, 7) is 3.03. The van der Waals surface area contributed by atoms with E-state index in [-0.39, 0.29) is 6.54 Å². The Kier molecular flexibility index (Phi) is 4.26. The van der Waals surface area contributed by atoms with Crippen LogP contribution >= 0.6 is 0 Å². The molecule has 7 heteroatoms. The van der Waals surface area contributed by atoms with Gasteiger partial charge in [-0.15, -0.1) is 0 Å². The van der Waals surface area contributed by atoms with E-state index in [0.29, 0.717) is 5.82 Å². The van der Waals surface area contributed by atoms with E-state index in [2.05, 4.69) is 15.4 Å². The molecule has 0 aromatic carbocycles.